The van der Waals surface area contributed by atoms with Crippen molar-refractivity contribution in [3.8, 4) is 6.07 Å². The molecule has 47 heavy (non-hydrogen) atoms. The minimum atomic E-state index is -4.99. The third kappa shape index (κ3) is 6.72. The van der Waals surface area contributed by atoms with Crippen LogP contribution in [0, 0.1) is 23.2 Å². The molecule has 0 bridgehead atoms. The molecule has 13 heteroatoms. The van der Waals surface area contributed by atoms with Crippen molar-refractivity contribution in [2.45, 2.75) is 75.4 Å². The lowest BCUT2D eigenvalue weighted by Gasteiger charge is -2.38. The van der Waals surface area contributed by atoms with E-state index in [4.69, 9.17) is 0 Å². The maximum atomic E-state index is 14.3. The first-order valence-electron chi connectivity index (χ1n) is 16.1. The van der Waals surface area contributed by atoms with Gasteiger partial charge in [-0.25, -0.2) is 4.39 Å². The zero-order valence-electron chi connectivity index (χ0n) is 26.0. The number of benzene rings is 2. The highest BCUT2D eigenvalue weighted by atomic mass is 32.1. The maximum Gasteiger partial charge on any atom is 0.363 e. The van der Waals surface area contributed by atoms with Crippen molar-refractivity contribution in [1.82, 2.24) is 15.1 Å². The largest absolute Gasteiger partial charge is 0.363 e. The van der Waals surface area contributed by atoms with Crippen LogP contribution in [0.15, 0.2) is 54.6 Å². The number of nitrogens with one attached hydrogen (secondary N) is 1. The Bertz CT molecular complexity index is 1760. The van der Waals surface area contributed by atoms with Gasteiger partial charge in [-0.2, -0.15) is 5.26 Å². The summed E-state index contributed by atoms with van der Waals surface area (Å²) in [6.45, 7) is 2.83. The summed E-state index contributed by atoms with van der Waals surface area (Å²) < 4.78 is 26.4. The van der Waals surface area contributed by atoms with Gasteiger partial charge in [-0.15, -0.1) is 11.3 Å². The molecule has 3 N–H and O–H groups in total. The fourth-order valence-electron chi connectivity index (χ4n) is 7.51. The zero-order valence-corrected chi connectivity index (χ0v) is 27.7. The number of carbonyl (C=O) groups excluding carboxylic acids is 3. The lowest BCUT2D eigenvalue weighted by atomic mass is 9.87. The lowest BCUT2D eigenvalue weighted by Crippen LogP contribution is -2.57. The second-order valence-electron chi connectivity index (χ2n) is 12.9. The van der Waals surface area contributed by atoms with Crippen LogP contribution in [0.25, 0.3) is 10.1 Å². The third-order valence-corrected chi connectivity index (χ3v) is 12.1. The van der Waals surface area contributed by atoms with Gasteiger partial charge in [0.05, 0.1) is 16.9 Å². The molecule has 6 rings (SSSR count). The van der Waals surface area contributed by atoms with E-state index in [0.29, 0.717) is 48.4 Å². The Labute approximate surface area is 276 Å². The molecular weight excluding hydrogens is 642 g/mol. The highest BCUT2D eigenvalue weighted by molar-refractivity contribution is 7.51. The number of carbonyl (C=O) groups is 3. The van der Waals surface area contributed by atoms with Crippen molar-refractivity contribution in [1.29, 1.82) is 5.26 Å². The molecule has 3 aromatic rings. The van der Waals surface area contributed by atoms with Gasteiger partial charge in [-0.05, 0) is 72.7 Å². The maximum absolute atomic E-state index is 14.3. The fourth-order valence-corrected chi connectivity index (χ4v) is 9.01. The van der Waals surface area contributed by atoms with Crippen molar-refractivity contribution in [3.63, 3.8) is 0 Å². The second kappa shape index (κ2) is 13.5. The first kappa shape index (κ1) is 33.3. The molecule has 0 radical (unpaired) electrons. The van der Waals surface area contributed by atoms with Crippen LogP contribution in [0.2, 0.25) is 0 Å². The summed E-state index contributed by atoms with van der Waals surface area (Å²) in [5.41, 5.74) is 0.833. The quantitative estimate of drug-likeness (QED) is 0.280. The molecule has 3 amide bonds. The summed E-state index contributed by atoms with van der Waals surface area (Å²) in [4.78, 5) is 64.1. The molecular formula is C34H38FN4O6PS. The van der Waals surface area contributed by atoms with E-state index >= 15 is 0 Å². The minimum Gasteiger partial charge on any atom is -0.340 e. The molecule has 1 aromatic heterocycles. The van der Waals surface area contributed by atoms with Crippen LogP contribution in [0.4, 0.5) is 4.39 Å². The van der Waals surface area contributed by atoms with Crippen LogP contribution in [-0.4, -0.2) is 68.5 Å². The number of halogens is 1. The molecule has 3 fully saturated rings. The van der Waals surface area contributed by atoms with E-state index in [-0.39, 0.29) is 40.1 Å². The number of alkyl halides is 1. The van der Waals surface area contributed by atoms with E-state index < -0.39 is 31.5 Å². The van der Waals surface area contributed by atoms with E-state index in [1.165, 1.54) is 24.3 Å². The van der Waals surface area contributed by atoms with Gasteiger partial charge in [0.25, 0.3) is 5.91 Å². The smallest absolute Gasteiger partial charge is 0.340 e. The zero-order chi connectivity index (χ0) is 33.5. The highest BCUT2D eigenvalue weighted by Crippen LogP contribution is 2.53. The summed E-state index contributed by atoms with van der Waals surface area (Å²) in [7, 11) is -4.99. The Morgan fingerprint density at radius 2 is 1.87 bits per heavy atom. The van der Waals surface area contributed by atoms with Crippen LogP contribution in [0.5, 0.6) is 0 Å². The van der Waals surface area contributed by atoms with Crippen LogP contribution >= 0.6 is 18.9 Å². The summed E-state index contributed by atoms with van der Waals surface area (Å²) in [6, 6.07) is 16.1. The average molecular weight is 681 g/mol. The predicted molar refractivity (Wildman–Crippen MR) is 175 cm³/mol. The Morgan fingerprint density at radius 3 is 2.57 bits per heavy atom. The van der Waals surface area contributed by atoms with Crippen LogP contribution in [0.3, 0.4) is 0 Å². The van der Waals surface area contributed by atoms with Crippen LogP contribution in [0.1, 0.15) is 78.1 Å². The van der Waals surface area contributed by atoms with Gasteiger partial charge in [0.15, 0.2) is 0 Å². The van der Waals surface area contributed by atoms with Gasteiger partial charge >= 0.3 is 7.60 Å². The topological polar surface area (TPSA) is 151 Å². The molecule has 0 aliphatic carbocycles. The first-order chi connectivity index (χ1) is 22.5. The van der Waals surface area contributed by atoms with E-state index in [1.807, 2.05) is 30.3 Å². The van der Waals surface area contributed by atoms with Crippen molar-refractivity contribution < 1.29 is 33.1 Å². The summed E-state index contributed by atoms with van der Waals surface area (Å²) >= 11 is 1.14. The van der Waals surface area contributed by atoms with Gasteiger partial charge in [0.1, 0.15) is 12.1 Å². The summed E-state index contributed by atoms with van der Waals surface area (Å²) in [5.74, 6) is -3.51. The van der Waals surface area contributed by atoms with E-state index in [0.717, 1.165) is 36.2 Å². The number of rotatable bonds is 7. The number of nitrogens with zero attached hydrogens (tertiary/aromatic N) is 3. The van der Waals surface area contributed by atoms with E-state index in [2.05, 4.69) is 18.3 Å². The Kier molecular flexibility index (Phi) is 9.54. The number of likely N-dealkylation sites (tertiary alicyclic amines) is 1. The van der Waals surface area contributed by atoms with Crippen molar-refractivity contribution >= 4 is 46.7 Å². The third-order valence-electron chi connectivity index (χ3n) is 10.1. The number of fused-ring (bicyclic) bond motifs is 2. The molecule has 2 aromatic carbocycles. The van der Waals surface area contributed by atoms with E-state index in [1.54, 1.807) is 9.80 Å². The second-order valence-corrected chi connectivity index (χ2v) is 15.6. The Morgan fingerprint density at radius 1 is 1.11 bits per heavy atom. The molecule has 0 saturated carbocycles. The molecule has 3 saturated heterocycles. The van der Waals surface area contributed by atoms with Gasteiger partial charge in [0.2, 0.25) is 17.7 Å². The van der Waals surface area contributed by atoms with Gasteiger partial charge in [-0.1, -0.05) is 49.7 Å². The Hall–Kier alpha value is -3.62. The van der Waals surface area contributed by atoms with Gasteiger partial charge in [-0.3, -0.25) is 18.9 Å². The molecule has 1 unspecified atom stereocenters. The summed E-state index contributed by atoms with van der Waals surface area (Å²) in [5, 5.41) is 13.3. The molecule has 3 aliphatic rings. The number of thiophene rings is 1. The monoisotopic (exact) mass is 680 g/mol. The number of amides is 3. The summed E-state index contributed by atoms with van der Waals surface area (Å²) in [6.07, 6.45) is 4.10. The van der Waals surface area contributed by atoms with Crippen molar-refractivity contribution in [2.75, 3.05) is 13.1 Å². The number of hydrogen-bond acceptors (Lipinski definition) is 6. The van der Waals surface area contributed by atoms with Crippen LogP contribution < -0.4 is 5.32 Å². The molecule has 3 aliphatic heterocycles. The molecule has 7 atom stereocenters. The average Bonchev–Trinajstić information content (AvgIpc) is 3.80. The molecule has 4 heterocycles. The minimum absolute atomic E-state index is 0.105. The SMILES string of the molecule is CC[C@H]1CC[C@H](NC(=O)c2cc3cc(C(F)P(=O)(O)O)ccc3s2)C(=O)N2[C@H](CC[C@H]2C(=O)N2C[C@H](c3ccccc3)[C@@H](C#N)C2)C1. The van der Waals surface area contributed by atoms with Crippen molar-refractivity contribution in [3.05, 3.63) is 70.6 Å². The predicted octanol–water partition coefficient (Wildman–Crippen LogP) is 5.48. The first-order valence-corrected chi connectivity index (χ1v) is 18.6. The lowest BCUT2D eigenvalue weighted by molar-refractivity contribution is -0.147. The van der Waals surface area contributed by atoms with Gasteiger partial charge < -0.3 is 24.9 Å². The molecule has 248 valence electrons. The normalized spacial score (nSPS) is 27.2. The van der Waals surface area contributed by atoms with E-state index in [9.17, 15) is 38.4 Å². The van der Waals surface area contributed by atoms with Gasteiger partial charge in [0, 0.05) is 29.7 Å². The number of nitriles is 1. The van der Waals surface area contributed by atoms with Crippen molar-refractivity contribution in [2.24, 2.45) is 11.8 Å². The Balaban J connectivity index is 1.22. The number of hydrogen-bond donors (Lipinski definition) is 3. The fraction of sp³-hybridized carbons (Fsp3) is 0.471. The molecule has 10 nitrogen and oxygen atoms in total. The highest BCUT2D eigenvalue weighted by Gasteiger charge is 2.48. The standard InChI is InChI=1S/C34H38FN4O6PS/c1-2-20-8-11-27(37-32(40)30-16-23-15-22(9-13-29(23)47-30)31(35)46(43,44)45)33(41)39-25(14-20)10-12-28(39)34(42)38-18-24(17-36)26(19-38)21-6-4-3-5-7-21/h3-7,9,13,15-16,20,24-28,31H,2,8,10-12,14,18-19H2,1H3,(H,37,40)(H2,43,44,45)/t20-,24-,25+,26+,27-,28-,31?/m0/s1. The molecule has 0 spiro atoms. The van der Waals surface area contributed by atoms with Crippen LogP contribution in [-0.2, 0) is 14.2 Å².